The Morgan fingerprint density at radius 1 is 1.29 bits per heavy atom. The van der Waals surface area contributed by atoms with Crippen molar-refractivity contribution < 1.29 is 9.90 Å². The smallest absolute Gasteiger partial charge is 0.311 e. The maximum absolute atomic E-state index is 11.2. The number of carboxylic acids is 1. The van der Waals surface area contributed by atoms with Gasteiger partial charge in [-0.05, 0) is 25.0 Å². The highest BCUT2D eigenvalue weighted by atomic mass is 16.4. The van der Waals surface area contributed by atoms with Crippen LogP contribution in [-0.2, 0) is 11.3 Å². The van der Waals surface area contributed by atoms with E-state index in [1.165, 1.54) is 0 Å². The largest absolute Gasteiger partial charge is 0.481 e. The molecule has 1 aliphatic carbocycles. The van der Waals surface area contributed by atoms with Crippen LogP contribution in [0.2, 0.25) is 0 Å². The number of carboxylic acid groups (broad SMARTS) is 1. The van der Waals surface area contributed by atoms with Crippen molar-refractivity contribution in [3.63, 3.8) is 0 Å². The van der Waals surface area contributed by atoms with Crippen molar-refractivity contribution in [2.75, 3.05) is 0 Å². The summed E-state index contributed by atoms with van der Waals surface area (Å²) in [6, 6.07) is 3.87. The molecule has 0 radical (unpaired) electrons. The van der Waals surface area contributed by atoms with E-state index in [9.17, 15) is 9.90 Å². The lowest BCUT2D eigenvalue weighted by molar-refractivity contribution is -0.149. The van der Waals surface area contributed by atoms with Gasteiger partial charge in [0, 0.05) is 18.9 Å². The van der Waals surface area contributed by atoms with Crippen LogP contribution in [-0.4, -0.2) is 15.6 Å². The molecule has 0 bridgehead atoms. The van der Waals surface area contributed by atoms with Crippen molar-refractivity contribution in [3.8, 4) is 0 Å². The summed E-state index contributed by atoms with van der Waals surface area (Å²) in [5.41, 5.74) is -0.501. The number of aliphatic carboxylic acids is 1. The Kier molecular flexibility index (Phi) is 2.32. The molecule has 76 valence electrons. The van der Waals surface area contributed by atoms with Crippen LogP contribution in [0.5, 0.6) is 0 Å². The summed E-state index contributed by atoms with van der Waals surface area (Å²) in [6.45, 7) is 0.620. The van der Waals surface area contributed by atoms with Gasteiger partial charge < -0.3 is 9.67 Å². The molecule has 1 N–H and O–H groups in total. The average Bonchev–Trinajstić information content (AvgIpc) is 2.76. The van der Waals surface area contributed by atoms with Gasteiger partial charge in [0.25, 0.3) is 0 Å². The van der Waals surface area contributed by atoms with Gasteiger partial charge in [-0.25, -0.2) is 0 Å². The molecule has 0 unspecified atom stereocenters. The Hall–Kier alpha value is -1.25. The van der Waals surface area contributed by atoms with E-state index < -0.39 is 11.4 Å². The molecule has 1 aromatic heterocycles. The third-order valence-corrected chi connectivity index (χ3v) is 3.17. The molecule has 0 spiro atoms. The van der Waals surface area contributed by atoms with Crippen LogP contribution in [0.3, 0.4) is 0 Å². The highest BCUT2D eigenvalue weighted by molar-refractivity contribution is 5.74. The van der Waals surface area contributed by atoms with Gasteiger partial charge in [-0.3, -0.25) is 4.79 Å². The zero-order chi connectivity index (χ0) is 10.0. The van der Waals surface area contributed by atoms with Crippen LogP contribution in [0, 0.1) is 5.41 Å². The van der Waals surface area contributed by atoms with Gasteiger partial charge in [-0.15, -0.1) is 0 Å². The molecule has 3 nitrogen and oxygen atoms in total. The zero-order valence-corrected chi connectivity index (χ0v) is 8.15. The molecule has 0 amide bonds. The molecule has 1 aromatic rings. The maximum Gasteiger partial charge on any atom is 0.311 e. The first-order valence-electron chi connectivity index (χ1n) is 5.07. The second-order valence-electron chi connectivity index (χ2n) is 4.15. The second kappa shape index (κ2) is 3.48. The summed E-state index contributed by atoms with van der Waals surface area (Å²) in [6.07, 6.45) is 7.61. The monoisotopic (exact) mass is 193 g/mol. The Labute approximate surface area is 83.4 Å². The van der Waals surface area contributed by atoms with Gasteiger partial charge in [-0.2, -0.15) is 0 Å². The minimum absolute atomic E-state index is 0.501. The first kappa shape index (κ1) is 9.31. The standard InChI is InChI=1S/C11H15NO2/c13-10(14)11(5-1-2-6-11)9-12-7-3-4-8-12/h3-4,7-8H,1-2,5-6,9H2,(H,13,14). The zero-order valence-electron chi connectivity index (χ0n) is 8.15. The molecule has 2 rings (SSSR count). The maximum atomic E-state index is 11.2. The molecule has 0 aromatic carbocycles. The third-order valence-electron chi connectivity index (χ3n) is 3.17. The van der Waals surface area contributed by atoms with Gasteiger partial charge in [0.05, 0.1) is 5.41 Å². The van der Waals surface area contributed by atoms with Crippen molar-refractivity contribution in [2.45, 2.75) is 32.2 Å². The predicted molar refractivity (Wildman–Crippen MR) is 53.0 cm³/mol. The van der Waals surface area contributed by atoms with Crippen LogP contribution >= 0.6 is 0 Å². The van der Waals surface area contributed by atoms with Crippen molar-refractivity contribution in [1.82, 2.24) is 4.57 Å². The molecule has 0 aliphatic heterocycles. The molecule has 3 heteroatoms. The highest BCUT2D eigenvalue weighted by Crippen LogP contribution is 2.39. The van der Waals surface area contributed by atoms with E-state index in [1.54, 1.807) is 0 Å². The lowest BCUT2D eigenvalue weighted by atomic mass is 9.86. The van der Waals surface area contributed by atoms with Crippen molar-refractivity contribution in [1.29, 1.82) is 0 Å². The number of nitrogens with zero attached hydrogens (tertiary/aromatic N) is 1. The van der Waals surface area contributed by atoms with Gasteiger partial charge >= 0.3 is 5.97 Å². The van der Waals surface area contributed by atoms with E-state index in [0.717, 1.165) is 25.7 Å². The normalized spacial score (nSPS) is 19.7. The second-order valence-corrected chi connectivity index (χ2v) is 4.15. The molecule has 0 atom stereocenters. The fraction of sp³-hybridized carbons (Fsp3) is 0.545. The number of hydrogen-bond donors (Lipinski definition) is 1. The molecule has 1 saturated carbocycles. The molecule has 14 heavy (non-hydrogen) atoms. The predicted octanol–water partition coefficient (Wildman–Crippen LogP) is 2.13. The number of aromatic nitrogens is 1. The minimum atomic E-state index is -0.635. The molecular formula is C11H15NO2. The van der Waals surface area contributed by atoms with E-state index in [2.05, 4.69) is 0 Å². The molecule has 1 heterocycles. The highest BCUT2D eigenvalue weighted by Gasteiger charge is 2.41. The fourth-order valence-electron chi connectivity index (χ4n) is 2.32. The lowest BCUT2D eigenvalue weighted by Crippen LogP contribution is -2.32. The van der Waals surface area contributed by atoms with Crippen LogP contribution in [0.25, 0.3) is 0 Å². The van der Waals surface area contributed by atoms with Crippen LogP contribution in [0.4, 0.5) is 0 Å². The Morgan fingerprint density at radius 3 is 2.36 bits per heavy atom. The molecule has 1 fully saturated rings. The van der Waals surface area contributed by atoms with E-state index in [1.807, 2.05) is 29.1 Å². The Bertz CT molecular complexity index is 310. The third kappa shape index (κ3) is 1.54. The van der Waals surface area contributed by atoms with Gasteiger partial charge in [0.2, 0.25) is 0 Å². The first-order chi connectivity index (χ1) is 6.73. The lowest BCUT2D eigenvalue weighted by Gasteiger charge is -2.24. The van der Waals surface area contributed by atoms with Crippen molar-refractivity contribution in [2.24, 2.45) is 5.41 Å². The molecule has 1 aliphatic rings. The van der Waals surface area contributed by atoms with Gasteiger partial charge in [0.15, 0.2) is 0 Å². The average molecular weight is 193 g/mol. The topological polar surface area (TPSA) is 42.2 Å². The summed E-state index contributed by atoms with van der Waals surface area (Å²) in [7, 11) is 0. The summed E-state index contributed by atoms with van der Waals surface area (Å²) < 4.78 is 1.97. The van der Waals surface area contributed by atoms with E-state index in [4.69, 9.17) is 0 Å². The SMILES string of the molecule is O=C(O)C1(Cn2cccc2)CCCC1. The fourth-order valence-corrected chi connectivity index (χ4v) is 2.32. The first-order valence-corrected chi connectivity index (χ1v) is 5.07. The van der Waals surface area contributed by atoms with Crippen LogP contribution < -0.4 is 0 Å². The number of carbonyl (C=O) groups is 1. The summed E-state index contributed by atoms with van der Waals surface area (Å²) in [5.74, 6) is -0.635. The Balaban J connectivity index is 2.16. The quantitative estimate of drug-likeness (QED) is 0.799. The Morgan fingerprint density at radius 2 is 1.86 bits per heavy atom. The van der Waals surface area contributed by atoms with Crippen LogP contribution in [0.15, 0.2) is 24.5 Å². The molecule has 0 saturated heterocycles. The van der Waals surface area contributed by atoms with E-state index >= 15 is 0 Å². The summed E-state index contributed by atoms with van der Waals surface area (Å²) >= 11 is 0. The van der Waals surface area contributed by atoms with Gasteiger partial charge in [-0.1, -0.05) is 12.8 Å². The van der Waals surface area contributed by atoms with Crippen LogP contribution in [0.1, 0.15) is 25.7 Å². The van der Waals surface area contributed by atoms with Crippen molar-refractivity contribution >= 4 is 5.97 Å². The summed E-state index contributed by atoms with van der Waals surface area (Å²) in [4.78, 5) is 11.2. The number of hydrogen-bond acceptors (Lipinski definition) is 1. The van der Waals surface area contributed by atoms with E-state index in [-0.39, 0.29) is 0 Å². The van der Waals surface area contributed by atoms with Gasteiger partial charge in [0.1, 0.15) is 0 Å². The number of rotatable bonds is 3. The summed E-state index contributed by atoms with van der Waals surface area (Å²) in [5, 5.41) is 9.25. The molecular weight excluding hydrogens is 178 g/mol. The van der Waals surface area contributed by atoms with E-state index in [0.29, 0.717) is 6.54 Å². The minimum Gasteiger partial charge on any atom is -0.481 e. The van der Waals surface area contributed by atoms with Crippen molar-refractivity contribution in [3.05, 3.63) is 24.5 Å².